The number of unbranched alkanes of at least 4 members (excludes halogenated alkanes) is 2. The normalized spacial score (nSPS) is 16.6. The lowest BCUT2D eigenvalue weighted by Gasteiger charge is -2.31. The molecule has 1 aromatic rings. The monoisotopic (exact) mass is 274 g/mol. The number of benzene rings is 1. The number of aryl methyl sites for hydroxylation is 1. The first kappa shape index (κ1) is 15.4. The zero-order chi connectivity index (χ0) is 14.2. The summed E-state index contributed by atoms with van der Waals surface area (Å²) in [6, 6.07) is 9.54. The molecule has 1 heterocycles. The standard InChI is InChI=1S/C18H30N2/c1-3-4-8-13-19-15-16(2)20-14-9-7-11-17-10-5-6-12-18(17)20/h5-6,10,12,16,19H,3-4,7-9,11,13-15H2,1-2H3. The van der Waals surface area contributed by atoms with E-state index in [2.05, 4.69) is 48.3 Å². The number of hydrogen-bond acceptors (Lipinski definition) is 2. The second kappa shape index (κ2) is 8.31. The van der Waals surface area contributed by atoms with Gasteiger partial charge in [-0.05, 0) is 50.8 Å². The van der Waals surface area contributed by atoms with Crippen LogP contribution in [0, 0.1) is 0 Å². The van der Waals surface area contributed by atoms with Gasteiger partial charge in [0.15, 0.2) is 0 Å². The van der Waals surface area contributed by atoms with E-state index in [-0.39, 0.29) is 0 Å². The Kier molecular flexibility index (Phi) is 6.38. The van der Waals surface area contributed by atoms with E-state index in [0.29, 0.717) is 6.04 Å². The molecule has 1 aliphatic heterocycles. The molecular formula is C18H30N2. The van der Waals surface area contributed by atoms with Gasteiger partial charge in [0.1, 0.15) is 0 Å². The number of fused-ring (bicyclic) bond motifs is 1. The summed E-state index contributed by atoms with van der Waals surface area (Å²) in [5.41, 5.74) is 3.00. The molecule has 0 aromatic heterocycles. The Morgan fingerprint density at radius 2 is 2.05 bits per heavy atom. The summed E-state index contributed by atoms with van der Waals surface area (Å²) < 4.78 is 0. The van der Waals surface area contributed by atoms with Gasteiger partial charge in [0.2, 0.25) is 0 Å². The van der Waals surface area contributed by atoms with Gasteiger partial charge in [0.05, 0.1) is 0 Å². The van der Waals surface area contributed by atoms with E-state index < -0.39 is 0 Å². The number of rotatable bonds is 7. The van der Waals surface area contributed by atoms with Crippen LogP contribution in [0.1, 0.15) is 51.5 Å². The third-order valence-electron chi connectivity index (χ3n) is 4.33. The van der Waals surface area contributed by atoms with Gasteiger partial charge < -0.3 is 10.2 Å². The Labute approximate surface area is 124 Å². The van der Waals surface area contributed by atoms with Crippen molar-refractivity contribution in [2.75, 3.05) is 24.5 Å². The van der Waals surface area contributed by atoms with Crippen molar-refractivity contribution in [1.82, 2.24) is 5.32 Å². The first-order chi connectivity index (χ1) is 9.83. The molecule has 1 unspecified atom stereocenters. The van der Waals surface area contributed by atoms with Crippen molar-refractivity contribution < 1.29 is 0 Å². The molecule has 2 heteroatoms. The first-order valence-corrected chi connectivity index (χ1v) is 8.38. The molecule has 0 saturated heterocycles. The van der Waals surface area contributed by atoms with Crippen LogP contribution in [0.15, 0.2) is 24.3 Å². The topological polar surface area (TPSA) is 15.3 Å². The fourth-order valence-electron chi connectivity index (χ4n) is 3.10. The smallest absolute Gasteiger partial charge is 0.0401 e. The zero-order valence-corrected chi connectivity index (χ0v) is 13.2. The molecule has 2 rings (SSSR count). The molecule has 1 N–H and O–H groups in total. The Balaban J connectivity index is 1.90. The number of anilines is 1. The van der Waals surface area contributed by atoms with Crippen molar-refractivity contribution in [2.24, 2.45) is 0 Å². The number of nitrogens with zero attached hydrogens (tertiary/aromatic N) is 1. The lowest BCUT2D eigenvalue weighted by atomic mass is 10.1. The summed E-state index contributed by atoms with van der Waals surface area (Å²) in [4.78, 5) is 2.61. The van der Waals surface area contributed by atoms with Gasteiger partial charge in [-0.25, -0.2) is 0 Å². The largest absolute Gasteiger partial charge is 0.367 e. The van der Waals surface area contributed by atoms with Gasteiger partial charge >= 0.3 is 0 Å². The molecule has 0 amide bonds. The molecular weight excluding hydrogens is 244 g/mol. The van der Waals surface area contributed by atoms with Crippen LogP contribution in [0.5, 0.6) is 0 Å². The van der Waals surface area contributed by atoms with E-state index in [1.807, 2.05) is 0 Å². The third-order valence-corrected chi connectivity index (χ3v) is 4.33. The maximum absolute atomic E-state index is 3.63. The van der Waals surface area contributed by atoms with Gasteiger partial charge in [-0.15, -0.1) is 0 Å². The molecule has 1 atom stereocenters. The number of nitrogens with one attached hydrogen (secondary N) is 1. The van der Waals surface area contributed by atoms with Crippen LogP contribution in [-0.2, 0) is 6.42 Å². The Bertz CT molecular complexity index is 389. The van der Waals surface area contributed by atoms with Gasteiger partial charge in [0.25, 0.3) is 0 Å². The first-order valence-electron chi connectivity index (χ1n) is 8.38. The van der Waals surface area contributed by atoms with E-state index in [1.54, 1.807) is 0 Å². The van der Waals surface area contributed by atoms with Gasteiger partial charge in [-0.2, -0.15) is 0 Å². The van der Waals surface area contributed by atoms with Crippen LogP contribution in [0.2, 0.25) is 0 Å². The minimum absolute atomic E-state index is 0.580. The van der Waals surface area contributed by atoms with Crippen LogP contribution in [0.4, 0.5) is 5.69 Å². The van der Waals surface area contributed by atoms with Crippen molar-refractivity contribution >= 4 is 5.69 Å². The van der Waals surface area contributed by atoms with Crippen LogP contribution < -0.4 is 10.2 Å². The molecule has 0 fully saturated rings. The van der Waals surface area contributed by atoms with E-state index in [4.69, 9.17) is 0 Å². The van der Waals surface area contributed by atoms with Crippen LogP contribution in [0.25, 0.3) is 0 Å². The van der Waals surface area contributed by atoms with Crippen LogP contribution >= 0.6 is 0 Å². The molecule has 0 spiro atoms. The second-order valence-electron chi connectivity index (χ2n) is 6.04. The van der Waals surface area contributed by atoms with Crippen LogP contribution in [0.3, 0.4) is 0 Å². The molecule has 0 radical (unpaired) electrons. The number of hydrogen-bond donors (Lipinski definition) is 1. The molecule has 1 aliphatic rings. The van der Waals surface area contributed by atoms with E-state index in [0.717, 1.165) is 13.1 Å². The van der Waals surface area contributed by atoms with E-state index in [9.17, 15) is 0 Å². The minimum Gasteiger partial charge on any atom is -0.367 e. The summed E-state index contributed by atoms with van der Waals surface area (Å²) in [5.74, 6) is 0. The van der Waals surface area contributed by atoms with E-state index in [1.165, 1.54) is 56.3 Å². The molecule has 2 nitrogen and oxygen atoms in total. The number of para-hydroxylation sites is 1. The van der Waals surface area contributed by atoms with Gasteiger partial charge in [-0.1, -0.05) is 38.0 Å². The predicted molar refractivity (Wildman–Crippen MR) is 88.6 cm³/mol. The van der Waals surface area contributed by atoms with Crippen molar-refractivity contribution in [3.8, 4) is 0 Å². The molecule has 0 saturated carbocycles. The summed E-state index contributed by atoms with van der Waals surface area (Å²) >= 11 is 0. The Morgan fingerprint density at radius 1 is 1.20 bits per heavy atom. The minimum atomic E-state index is 0.580. The fourth-order valence-corrected chi connectivity index (χ4v) is 3.10. The summed E-state index contributed by atoms with van der Waals surface area (Å²) in [5, 5.41) is 3.63. The molecule has 20 heavy (non-hydrogen) atoms. The fraction of sp³-hybridized carbons (Fsp3) is 0.667. The lowest BCUT2D eigenvalue weighted by molar-refractivity contribution is 0.539. The molecule has 0 bridgehead atoms. The third kappa shape index (κ3) is 4.24. The van der Waals surface area contributed by atoms with Gasteiger partial charge in [0, 0.05) is 24.8 Å². The average Bonchev–Trinajstić information content (AvgIpc) is 2.69. The maximum atomic E-state index is 3.63. The zero-order valence-electron chi connectivity index (χ0n) is 13.2. The Morgan fingerprint density at radius 3 is 2.90 bits per heavy atom. The van der Waals surface area contributed by atoms with Crippen LogP contribution in [-0.4, -0.2) is 25.7 Å². The van der Waals surface area contributed by atoms with Crippen molar-refractivity contribution in [3.63, 3.8) is 0 Å². The van der Waals surface area contributed by atoms with Crippen molar-refractivity contribution in [2.45, 2.75) is 58.4 Å². The predicted octanol–water partition coefficient (Wildman–Crippen LogP) is 4.00. The molecule has 0 aliphatic carbocycles. The van der Waals surface area contributed by atoms with Gasteiger partial charge in [-0.3, -0.25) is 0 Å². The highest BCUT2D eigenvalue weighted by Crippen LogP contribution is 2.27. The summed E-state index contributed by atoms with van der Waals surface area (Å²) in [7, 11) is 0. The SMILES string of the molecule is CCCCCNCC(C)N1CCCCc2ccccc21. The Hall–Kier alpha value is -1.02. The quantitative estimate of drug-likeness (QED) is 0.756. The van der Waals surface area contributed by atoms with Crippen molar-refractivity contribution in [1.29, 1.82) is 0 Å². The molecule has 112 valence electrons. The van der Waals surface area contributed by atoms with Crippen molar-refractivity contribution in [3.05, 3.63) is 29.8 Å². The highest BCUT2D eigenvalue weighted by atomic mass is 15.2. The highest BCUT2D eigenvalue weighted by molar-refractivity contribution is 5.55. The summed E-state index contributed by atoms with van der Waals surface area (Å²) in [6.45, 7) is 8.08. The molecule has 1 aromatic carbocycles. The highest BCUT2D eigenvalue weighted by Gasteiger charge is 2.19. The second-order valence-corrected chi connectivity index (χ2v) is 6.04. The maximum Gasteiger partial charge on any atom is 0.0401 e. The average molecular weight is 274 g/mol. The summed E-state index contributed by atoms with van der Waals surface area (Å²) in [6.07, 6.45) is 7.83. The lowest BCUT2D eigenvalue weighted by Crippen LogP contribution is -2.41. The van der Waals surface area contributed by atoms with E-state index >= 15 is 0 Å².